The van der Waals surface area contributed by atoms with Gasteiger partial charge in [0.05, 0.1) is 0 Å². The van der Waals surface area contributed by atoms with Crippen LogP contribution in [0.15, 0.2) is 10.9 Å². The summed E-state index contributed by atoms with van der Waals surface area (Å²) in [5, 5.41) is 3.93. The molecule has 1 heterocycles. The molecule has 0 amide bonds. The SMILES string of the molecule is c1nc(C2CCCCCCC2)no1. The monoisotopic (exact) mass is 180 g/mol. The summed E-state index contributed by atoms with van der Waals surface area (Å²) < 4.78 is 4.78. The minimum Gasteiger partial charge on any atom is -0.343 e. The first-order valence-corrected chi connectivity index (χ1v) is 5.23. The molecule has 3 nitrogen and oxygen atoms in total. The zero-order chi connectivity index (χ0) is 8.93. The van der Waals surface area contributed by atoms with E-state index in [9.17, 15) is 0 Å². The molecule has 0 radical (unpaired) electrons. The Morgan fingerprint density at radius 3 is 2.38 bits per heavy atom. The van der Waals surface area contributed by atoms with Gasteiger partial charge in [-0.25, -0.2) is 0 Å². The summed E-state index contributed by atoms with van der Waals surface area (Å²) in [6.07, 6.45) is 10.7. The number of nitrogens with zero attached hydrogens (tertiary/aromatic N) is 2. The van der Waals surface area contributed by atoms with Crippen LogP contribution in [0, 0.1) is 0 Å². The molecule has 13 heavy (non-hydrogen) atoms. The van der Waals surface area contributed by atoms with Gasteiger partial charge >= 0.3 is 0 Å². The van der Waals surface area contributed by atoms with Gasteiger partial charge in [0.1, 0.15) is 0 Å². The van der Waals surface area contributed by atoms with Crippen molar-refractivity contribution in [2.24, 2.45) is 0 Å². The second-order valence-electron chi connectivity index (χ2n) is 3.83. The van der Waals surface area contributed by atoms with Gasteiger partial charge < -0.3 is 4.52 Å². The van der Waals surface area contributed by atoms with Crippen molar-refractivity contribution in [1.29, 1.82) is 0 Å². The van der Waals surface area contributed by atoms with E-state index in [1.54, 1.807) is 0 Å². The third-order valence-corrected chi connectivity index (χ3v) is 2.85. The Labute approximate surface area is 78.5 Å². The van der Waals surface area contributed by atoms with E-state index in [1.165, 1.54) is 51.3 Å². The Bertz CT molecular complexity index is 225. The van der Waals surface area contributed by atoms with Crippen LogP contribution in [0.2, 0.25) is 0 Å². The summed E-state index contributed by atoms with van der Waals surface area (Å²) in [6, 6.07) is 0. The van der Waals surface area contributed by atoms with Gasteiger partial charge in [0, 0.05) is 5.92 Å². The summed E-state index contributed by atoms with van der Waals surface area (Å²) >= 11 is 0. The Hall–Kier alpha value is -0.860. The lowest BCUT2D eigenvalue weighted by Crippen LogP contribution is -2.03. The first-order chi connectivity index (χ1) is 6.47. The first kappa shape index (κ1) is 8.73. The molecule has 2 rings (SSSR count). The maximum absolute atomic E-state index is 4.78. The zero-order valence-electron chi connectivity index (χ0n) is 7.91. The molecule has 1 saturated carbocycles. The van der Waals surface area contributed by atoms with E-state index < -0.39 is 0 Å². The highest BCUT2D eigenvalue weighted by Gasteiger charge is 2.16. The van der Waals surface area contributed by atoms with Gasteiger partial charge in [0.2, 0.25) is 6.39 Å². The lowest BCUT2D eigenvalue weighted by Gasteiger charge is -2.15. The van der Waals surface area contributed by atoms with E-state index >= 15 is 0 Å². The number of hydrogen-bond acceptors (Lipinski definition) is 3. The fourth-order valence-electron chi connectivity index (χ4n) is 2.07. The Kier molecular flexibility index (Phi) is 2.95. The average molecular weight is 180 g/mol. The van der Waals surface area contributed by atoms with Crippen molar-refractivity contribution in [3.8, 4) is 0 Å². The van der Waals surface area contributed by atoms with Crippen molar-refractivity contribution >= 4 is 0 Å². The maximum Gasteiger partial charge on any atom is 0.213 e. The van der Waals surface area contributed by atoms with Crippen LogP contribution in [0.4, 0.5) is 0 Å². The van der Waals surface area contributed by atoms with Crippen molar-refractivity contribution in [2.75, 3.05) is 0 Å². The van der Waals surface area contributed by atoms with Crippen LogP contribution in [0.5, 0.6) is 0 Å². The molecule has 0 spiro atoms. The standard InChI is InChI=1S/C10H16N2O/c1-2-4-6-9(7-5-3-1)10-11-8-13-12-10/h8-9H,1-7H2. The van der Waals surface area contributed by atoms with E-state index in [2.05, 4.69) is 10.1 Å². The van der Waals surface area contributed by atoms with Crippen molar-refractivity contribution in [2.45, 2.75) is 50.9 Å². The van der Waals surface area contributed by atoms with Crippen LogP contribution in [0.1, 0.15) is 56.7 Å². The van der Waals surface area contributed by atoms with Gasteiger partial charge in [-0.15, -0.1) is 0 Å². The van der Waals surface area contributed by atoms with Crippen LogP contribution >= 0.6 is 0 Å². The van der Waals surface area contributed by atoms with Crippen LogP contribution < -0.4 is 0 Å². The second kappa shape index (κ2) is 4.40. The van der Waals surface area contributed by atoms with Gasteiger partial charge in [0.15, 0.2) is 5.82 Å². The molecule has 72 valence electrons. The fourth-order valence-corrected chi connectivity index (χ4v) is 2.07. The quantitative estimate of drug-likeness (QED) is 0.667. The molecular weight excluding hydrogens is 164 g/mol. The van der Waals surface area contributed by atoms with Gasteiger partial charge in [-0.05, 0) is 12.8 Å². The van der Waals surface area contributed by atoms with Crippen molar-refractivity contribution in [3.05, 3.63) is 12.2 Å². The number of hydrogen-bond donors (Lipinski definition) is 0. The third-order valence-electron chi connectivity index (χ3n) is 2.85. The molecule has 1 aliphatic rings. The van der Waals surface area contributed by atoms with Crippen molar-refractivity contribution < 1.29 is 4.52 Å². The van der Waals surface area contributed by atoms with E-state index in [0.29, 0.717) is 5.92 Å². The summed E-state index contributed by atoms with van der Waals surface area (Å²) in [5.41, 5.74) is 0. The predicted molar refractivity (Wildman–Crippen MR) is 49.4 cm³/mol. The van der Waals surface area contributed by atoms with E-state index in [1.807, 2.05) is 0 Å². The normalized spacial score (nSPS) is 20.9. The molecule has 1 aromatic heterocycles. The van der Waals surface area contributed by atoms with Gasteiger partial charge in [0.25, 0.3) is 0 Å². The van der Waals surface area contributed by atoms with Crippen LogP contribution in [0.3, 0.4) is 0 Å². The molecule has 1 fully saturated rings. The molecule has 0 aromatic carbocycles. The van der Waals surface area contributed by atoms with E-state index in [-0.39, 0.29) is 0 Å². The van der Waals surface area contributed by atoms with Crippen LogP contribution in [0.25, 0.3) is 0 Å². The highest BCUT2D eigenvalue weighted by Crippen LogP contribution is 2.28. The molecule has 0 saturated heterocycles. The largest absolute Gasteiger partial charge is 0.343 e. The Morgan fingerprint density at radius 2 is 1.77 bits per heavy atom. The fraction of sp³-hybridized carbons (Fsp3) is 0.800. The maximum atomic E-state index is 4.78. The number of rotatable bonds is 1. The first-order valence-electron chi connectivity index (χ1n) is 5.23. The molecular formula is C10H16N2O. The lowest BCUT2D eigenvalue weighted by molar-refractivity contribution is 0.386. The van der Waals surface area contributed by atoms with Crippen LogP contribution in [-0.4, -0.2) is 10.1 Å². The summed E-state index contributed by atoms with van der Waals surface area (Å²) in [7, 11) is 0. The van der Waals surface area contributed by atoms with Crippen molar-refractivity contribution in [3.63, 3.8) is 0 Å². The lowest BCUT2D eigenvalue weighted by atomic mass is 9.91. The molecule has 1 aliphatic carbocycles. The van der Waals surface area contributed by atoms with Crippen LogP contribution in [-0.2, 0) is 0 Å². The summed E-state index contributed by atoms with van der Waals surface area (Å²) in [6.45, 7) is 0. The minimum atomic E-state index is 0.555. The highest BCUT2D eigenvalue weighted by molar-refractivity contribution is 4.91. The van der Waals surface area contributed by atoms with Gasteiger partial charge in [-0.1, -0.05) is 37.3 Å². The Balaban J connectivity index is 1.96. The molecule has 0 bridgehead atoms. The summed E-state index contributed by atoms with van der Waals surface area (Å²) in [4.78, 5) is 4.13. The predicted octanol–water partition coefficient (Wildman–Crippen LogP) is 2.90. The third kappa shape index (κ3) is 2.29. The summed E-state index contributed by atoms with van der Waals surface area (Å²) in [5.74, 6) is 1.47. The minimum absolute atomic E-state index is 0.555. The van der Waals surface area contributed by atoms with Gasteiger partial charge in [-0.2, -0.15) is 4.98 Å². The molecule has 1 aromatic rings. The van der Waals surface area contributed by atoms with E-state index in [4.69, 9.17) is 4.52 Å². The van der Waals surface area contributed by atoms with Gasteiger partial charge in [-0.3, -0.25) is 0 Å². The molecule has 0 atom stereocenters. The van der Waals surface area contributed by atoms with E-state index in [0.717, 1.165) is 5.82 Å². The molecule has 3 heteroatoms. The second-order valence-corrected chi connectivity index (χ2v) is 3.83. The molecule has 0 aliphatic heterocycles. The topological polar surface area (TPSA) is 38.9 Å². The highest BCUT2D eigenvalue weighted by atomic mass is 16.5. The average Bonchev–Trinajstić information content (AvgIpc) is 2.55. The van der Waals surface area contributed by atoms with Crippen molar-refractivity contribution in [1.82, 2.24) is 10.1 Å². The molecule has 0 N–H and O–H groups in total. The number of aromatic nitrogens is 2. The smallest absolute Gasteiger partial charge is 0.213 e. The Morgan fingerprint density at radius 1 is 1.08 bits per heavy atom. The molecule has 0 unspecified atom stereocenters. The zero-order valence-corrected chi connectivity index (χ0v) is 7.91.